The molecule has 1 amide bonds. The molecule has 0 aliphatic heterocycles. The van der Waals surface area contributed by atoms with Crippen LogP contribution in [0.2, 0.25) is 5.02 Å². The van der Waals surface area contributed by atoms with Gasteiger partial charge in [-0.25, -0.2) is 4.79 Å². The first kappa shape index (κ1) is 24.2. The molecule has 2 N–H and O–H groups in total. The highest BCUT2D eigenvalue weighted by molar-refractivity contribution is 7.80. The number of hydrogen-bond donors (Lipinski definition) is 2. The van der Waals surface area contributed by atoms with E-state index in [9.17, 15) is 14.9 Å². The molecule has 7 nitrogen and oxygen atoms in total. The summed E-state index contributed by atoms with van der Waals surface area (Å²) in [7, 11) is 1.26. The van der Waals surface area contributed by atoms with E-state index in [2.05, 4.69) is 10.6 Å². The SMILES string of the molecule is COC(=O)c1sc(NC(=S)NC(=O)/C=C/c2ccc(-c3ccc(C)c(Cl)c3)o2)c(C#N)c1C. The van der Waals surface area contributed by atoms with Crippen molar-refractivity contribution >= 4 is 63.2 Å². The van der Waals surface area contributed by atoms with Crippen molar-refractivity contribution in [3.05, 3.63) is 68.8 Å². The molecule has 0 fully saturated rings. The summed E-state index contributed by atoms with van der Waals surface area (Å²) < 4.78 is 10.5. The van der Waals surface area contributed by atoms with Crippen LogP contribution < -0.4 is 10.6 Å². The minimum atomic E-state index is -0.550. The first-order valence-corrected chi connectivity index (χ1v) is 11.1. The van der Waals surface area contributed by atoms with Crippen molar-refractivity contribution in [1.29, 1.82) is 5.26 Å². The number of nitrogens with one attached hydrogen (secondary N) is 2. The van der Waals surface area contributed by atoms with Gasteiger partial charge in [0.1, 0.15) is 27.5 Å². The number of amides is 1. The van der Waals surface area contributed by atoms with E-state index in [1.807, 2.05) is 31.2 Å². The summed E-state index contributed by atoms with van der Waals surface area (Å²) in [6, 6.07) is 11.1. The molecule has 3 rings (SSSR count). The van der Waals surface area contributed by atoms with E-state index < -0.39 is 11.9 Å². The van der Waals surface area contributed by atoms with Gasteiger partial charge in [0.25, 0.3) is 0 Å². The van der Waals surface area contributed by atoms with Gasteiger partial charge in [-0.1, -0.05) is 23.7 Å². The molecule has 0 atom stereocenters. The number of benzene rings is 1. The minimum Gasteiger partial charge on any atom is -0.465 e. The van der Waals surface area contributed by atoms with Crippen molar-refractivity contribution < 1.29 is 18.7 Å². The van der Waals surface area contributed by atoms with Gasteiger partial charge in [0.05, 0.1) is 12.7 Å². The van der Waals surface area contributed by atoms with Crippen LogP contribution in [0.25, 0.3) is 17.4 Å². The molecule has 0 bridgehead atoms. The largest absolute Gasteiger partial charge is 0.465 e. The van der Waals surface area contributed by atoms with E-state index in [4.69, 9.17) is 33.0 Å². The number of nitriles is 1. The summed E-state index contributed by atoms with van der Waals surface area (Å²) in [5.41, 5.74) is 2.53. The maximum atomic E-state index is 12.2. The summed E-state index contributed by atoms with van der Waals surface area (Å²) in [5.74, 6) is 0.0428. The van der Waals surface area contributed by atoms with Gasteiger partial charge < -0.3 is 14.5 Å². The van der Waals surface area contributed by atoms with E-state index in [1.165, 1.54) is 19.3 Å². The van der Waals surface area contributed by atoms with Gasteiger partial charge in [-0.3, -0.25) is 10.1 Å². The van der Waals surface area contributed by atoms with Crippen molar-refractivity contribution in [2.75, 3.05) is 12.4 Å². The molecular formula is C23H18ClN3O4S2. The molecule has 0 saturated heterocycles. The van der Waals surface area contributed by atoms with Crippen molar-refractivity contribution in [1.82, 2.24) is 5.32 Å². The van der Waals surface area contributed by atoms with Gasteiger partial charge in [0.15, 0.2) is 5.11 Å². The van der Waals surface area contributed by atoms with Crippen LogP contribution in [0.15, 0.2) is 40.8 Å². The standard InChI is InChI=1S/C23H18ClN3O4S2/c1-12-4-5-14(10-17(12)24)18-8-6-15(31-18)7-9-19(28)26-23(32)27-21-16(11-25)13(2)20(33-21)22(29)30-3/h4-10H,1-3H3,(H2,26,27,28,32)/b9-7+. The summed E-state index contributed by atoms with van der Waals surface area (Å²) >= 11 is 12.3. The van der Waals surface area contributed by atoms with Gasteiger partial charge >= 0.3 is 5.97 Å². The molecule has 0 spiro atoms. The minimum absolute atomic E-state index is 0.0201. The maximum Gasteiger partial charge on any atom is 0.348 e. The molecule has 1 aromatic carbocycles. The highest BCUT2D eigenvalue weighted by Gasteiger charge is 2.21. The van der Waals surface area contributed by atoms with Gasteiger partial charge in [0.2, 0.25) is 5.91 Å². The van der Waals surface area contributed by atoms with Gasteiger partial charge in [-0.15, -0.1) is 11.3 Å². The number of thiocarbonyl (C=S) groups is 1. The molecule has 10 heteroatoms. The molecule has 0 unspecified atom stereocenters. The maximum absolute atomic E-state index is 12.2. The fraction of sp³-hybridized carbons (Fsp3) is 0.130. The number of methoxy groups -OCH3 is 1. The van der Waals surface area contributed by atoms with Crippen LogP contribution in [0.4, 0.5) is 5.00 Å². The van der Waals surface area contributed by atoms with Gasteiger partial charge in [-0.2, -0.15) is 5.26 Å². The van der Waals surface area contributed by atoms with Crippen LogP contribution in [0.5, 0.6) is 0 Å². The lowest BCUT2D eigenvalue weighted by atomic mass is 10.1. The lowest BCUT2D eigenvalue weighted by Crippen LogP contribution is -2.32. The predicted molar refractivity (Wildman–Crippen MR) is 132 cm³/mol. The Bertz CT molecular complexity index is 1320. The number of ether oxygens (including phenoxy) is 1. The first-order valence-electron chi connectivity index (χ1n) is 9.51. The molecule has 0 saturated carbocycles. The fourth-order valence-electron chi connectivity index (χ4n) is 2.81. The molecule has 0 aliphatic rings. The van der Waals surface area contributed by atoms with Crippen molar-refractivity contribution in [2.24, 2.45) is 0 Å². The molecule has 2 heterocycles. The molecular weight excluding hydrogens is 482 g/mol. The van der Waals surface area contributed by atoms with E-state index >= 15 is 0 Å². The molecule has 168 valence electrons. The van der Waals surface area contributed by atoms with E-state index in [1.54, 1.807) is 19.1 Å². The lowest BCUT2D eigenvalue weighted by molar-refractivity contribution is -0.115. The van der Waals surface area contributed by atoms with Crippen molar-refractivity contribution in [3.63, 3.8) is 0 Å². The lowest BCUT2D eigenvalue weighted by Gasteiger charge is -2.06. The Kier molecular flexibility index (Phi) is 7.66. The average molecular weight is 500 g/mol. The highest BCUT2D eigenvalue weighted by atomic mass is 35.5. The second-order valence-electron chi connectivity index (χ2n) is 6.81. The second-order valence-corrected chi connectivity index (χ2v) is 8.64. The zero-order valence-corrected chi connectivity index (χ0v) is 20.2. The Labute approximate surface area is 204 Å². The van der Waals surface area contributed by atoms with Crippen LogP contribution in [0.1, 0.15) is 32.1 Å². The number of nitrogens with zero attached hydrogens (tertiary/aromatic N) is 1. The zero-order chi connectivity index (χ0) is 24.1. The van der Waals surface area contributed by atoms with E-state index in [0.29, 0.717) is 27.1 Å². The van der Waals surface area contributed by atoms with Crippen LogP contribution in [0, 0.1) is 25.2 Å². The Morgan fingerprint density at radius 2 is 2.03 bits per heavy atom. The Morgan fingerprint density at radius 3 is 2.70 bits per heavy atom. The highest BCUT2D eigenvalue weighted by Crippen LogP contribution is 2.33. The Hall–Kier alpha value is -3.45. The predicted octanol–water partition coefficient (Wildman–Crippen LogP) is 5.46. The summed E-state index contributed by atoms with van der Waals surface area (Å²) in [6.45, 7) is 3.55. The second kappa shape index (κ2) is 10.4. The van der Waals surface area contributed by atoms with Gasteiger partial charge in [-0.05, 0) is 61.5 Å². The number of rotatable bonds is 5. The third-order valence-corrected chi connectivity index (χ3v) is 6.37. The Balaban J connectivity index is 1.64. The van der Waals surface area contributed by atoms with Gasteiger partial charge in [0, 0.05) is 16.7 Å². The fourth-order valence-corrected chi connectivity index (χ4v) is 4.34. The van der Waals surface area contributed by atoms with Crippen molar-refractivity contribution in [3.8, 4) is 17.4 Å². The molecule has 3 aromatic rings. The summed E-state index contributed by atoms with van der Waals surface area (Å²) in [5, 5.41) is 15.6. The molecule has 0 radical (unpaired) electrons. The first-order chi connectivity index (χ1) is 15.7. The number of aryl methyl sites for hydroxylation is 1. The van der Waals surface area contributed by atoms with Crippen LogP contribution >= 0.6 is 35.2 Å². The topological polar surface area (TPSA) is 104 Å². The number of carbonyl (C=O) groups excluding carboxylic acids is 2. The number of hydrogen-bond acceptors (Lipinski definition) is 7. The number of thiophene rings is 1. The monoisotopic (exact) mass is 499 g/mol. The number of esters is 1. The number of furan rings is 1. The van der Waals surface area contributed by atoms with Crippen LogP contribution in [0.3, 0.4) is 0 Å². The summed E-state index contributed by atoms with van der Waals surface area (Å²) in [4.78, 5) is 24.4. The normalized spacial score (nSPS) is 10.6. The smallest absolute Gasteiger partial charge is 0.348 e. The average Bonchev–Trinajstić information content (AvgIpc) is 3.38. The number of carbonyl (C=O) groups is 2. The molecule has 0 aliphatic carbocycles. The third kappa shape index (κ3) is 5.68. The third-order valence-electron chi connectivity index (χ3n) is 4.58. The van der Waals surface area contributed by atoms with E-state index in [-0.39, 0.29) is 15.6 Å². The quantitative estimate of drug-likeness (QED) is 0.272. The van der Waals surface area contributed by atoms with Crippen LogP contribution in [-0.4, -0.2) is 24.1 Å². The van der Waals surface area contributed by atoms with Crippen molar-refractivity contribution in [2.45, 2.75) is 13.8 Å². The molecule has 2 aromatic heterocycles. The van der Waals surface area contributed by atoms with E-state index in [0.717, 1.165) is 22.5 Å². The zero-order valence-electron chi connectivity index (χ0n) is 17.8. The summed E-state index contributed by atoms with van der Waals surface area (Å²) in [6.07, 6.45) is 2.77. The number of anilines is 1. The Morgan fingerprint density at radius 1 is 1.27 bits per heavy atom. The molecule has 33 heavy (non-hydrogen) atoms. The van der Waals surface area contributed by atoms with Crippen LogP contribution in [-0.2, 0) is 9.53 Å². The number of halogens is 1.